The highest BCUT2D eigenvalue weighted by molar-refractivity contribution is 14.0. The molecule has 0 radical (unpaired) electrons. The Balaban J connectivity index is 0.00000320. The third-order valence-electron chi connectivity index (χ3n) is 5.01. The lowest BCUT2D eigenvalue weighted by atomic mass is 10.1. The predicted molar refractivity (Wildman–Crippen MR) is 130 cm³/mol. The van der Waals surface area contributed by atoms with Gasteiger partial charge in [0.25, 0.3) is 0 Å². The molecule has 2 unspecified atom stereocenters. The summed E-state index contributed by atoms with van der Waals surface area (Å²) in [7, 11) is 5.83. The summed E-state index contributed by atoms with van der Waals surface area (Å²) in [6.07, 6.45) is 2.83. The van der Waals surface area contributed by atoms with Crippen molar-refractivity contribution in [2.45, 2.75) is 39.0 Å². The van der Waals surface area contributed by atoms with Gasteiger partial charge in [0, 0.05) is 37.7 Å². The maximum atomic E-state index is 5.92. The molecule has 2 heterocycles. The average molecular weight is 528 g/mol. The molecule has 30 heavy (non-hydrogen) atoms. The second-order valence-electron chi connectivity index (χ2n) is 7.43. The zero-order valence-electron chi connectivity index (χ0n) is 18.4. The first-order valence-electron chi connectivity index (χ1n) is 10.1. The lowest BCUT2D eigenvalue weighted by molar-refractivity contribution is 0.254. The van der Waals surface area contributed by atoms with Crippen molar-refractivity contribution in [2.24, 2.45) is 4.99 Å². The summed E-state index contributed by atoms with van der Waals surface area (Å²) in [6, 6.07) is 8.19. The van der Waals surface area contributed by atoms with Crippen molar-refractivity contribution >= 4 is 29.9 Å². The number of hydrogen-bond donors (Lipinski definition) is 2. The average Bonchev–Trinajstić information content (AvgIpc) is 3.33. The van der Waals surface area contributed by atoms with Gasteiger partial charge in [-0.3, -0.25) is 9.89 Å². The minimum atomic E-state index is 0. The van der Waals surface area contributed by atoms with E-state index >= 15 is 0 Å². The molecule has 0 aliphatic carbocycles. The highest BCUT2D eigenvalue weighted by Crippen LogP contribution is 2.35. The van der Waals surface area contributed by atoms with Crippen LogP contribution in [0.25, 0.3) is 0 Å². The molecule has 0 spiro atoms. The van der Waals surface area contributed by atoms with E-state index in [0.29, 0.717) is 19.7 Å². The molecule has 0 bridgehead atoms. The van der Waals surface area contributed by atoms with E-state index in [1.54, 1.807) is 13.3 Å². The third kappa shape index (κ3) is 6.04. The van der Waals surface area contributed by atoms with E-state index in [2.05, 4.69) is 39.6 Å². The Hall–Kier alpha value is -1.94. The fourth-order valence-corrected chi connectivity index (χ4v) is 3.52. The smallest absolute Gasteiger partial charge is 0.191 e. The van der Waals surface area contributed by atoms with Gasteiger partial charge in [-0.1, -0.05) is 0 Å². The number of halogens is 1. The summed E-state index contributed by atoms with van der Waals surface area (Å²) in [5.74, 6) is 3.49. The van der Waals surface area contributed by atoms with Gasteiger partial charge in [0.2, 0.25) is 0 Å². The number of aliphatic imine (C=N–C) groups is 1. The first kappa shape index (κ1) is 24.3. The standard InChI is InChI=1S/C22H32N4O3.HI/c1-6-27-20-11-16-10-15(2)29-21(16)12-17(20)13-24-22(23-3)25-14-18(26(4)5)19-8-7-9-28-19;/h7-9,11-12,15,18H,6,10,13-14H2,1-5H3,(H2,23,24,25);1H. The number of nitrogens with one attached hydrogen (secondary N) is 2. The summed E-state index contributed by atoms with van der Waals surface area (Å²) in [6.45, 7) is 5.98. The summed E-state index contributed by atoms with van der Waals surface area (Å²) in [5, 5.41) is 6.77. The molecular weight excluding hydrogens is 495 g/mol. The van der Waals surface area contributed by atoms with E-state index in [0.717, 1.165) is 35.2 Å². The zero-order valence-corrected chi connectivity index (χ0v) is 20.7. The molecule has 8 heteroatoms. The van der Waals surface area contributed by atoms with Gasteiger partial charge in [-0.25, -0.2) is 0 Å². The molecule has 7 nitrogen and oxygen atoms in total. The molecule has 1 aliphatic heterocycles. The molecular formula is C22H33IN4O3. The Bertz CT molecular complexity index is 824. The molecule has 1 aliphatic rings. The lowest BCUT2D eigenvalue weighted by Gasteiger charge is -2.24. The number of furan rings is 1. The Morgan fingerprint density at radius 1 is 1.33 bits per heavy atom. The van der Waals surface area contributed by atoms with Crippen molar-refractivity contribution in [1.82, 2.24) is 15.5 Å². The zero-order chi connectivity index (χ0) is 20.8. The van der Waals surface area contributed by atoms with Crippen LogP contribution in [0.5, 0.6) is 11.5 Å². The lowest BCUT2D eigenvalue weighted by Crippen LogP contribution is -2.41. The van der Waals surface area contributed by atoms with Crippen LogP contribution >= 0.6 is 24.0 Å². The summed E-state index contributed by atoms with van der Waals surface area (Å²) >= 11 is 0. The topological polar surface area (TPSA) is 71.3 Å². The number of nitrogens with zero attached hydrogens (tertiary/aromatic N) is 2. The Kier molecular flexibility index (Phi) is 9.29. The fraction of sp³-hybridized carbons (Fsp3) is 0.500. The van der Waals surface area contributed by atoms with Gasteiger partial charge in [0.05, 0.1) is 18.9 Å². The van der Waals surface area contributed by atoms with Gasteiger partial charge in [-0.2, -0.15) is 0 Å². The van der Waals surface area contributed by atoms with Gasteiger partial charge >= 0.3 is 0 Å². The molecule has 1 aromatic heterocycles. The predicted octanol–water partition coefficient (Wildman–Crippen LogP) is 3.59. The van der Waals surface area contributed by atoms with Gasteiger partial charge in [-0.15, -0.1) is 24.0 Å². The molecule has 0 fully saturated rings. The van der Waals surface area contributed by atoms with Crippen molar-refractivity contribution in [3.8, 4) is 11.5 Å². The highest BCUT2D eigenvalue weighted by Gasteiger charge is 2.22. The Morgan fingerprint density at radius 2 is 2.13 bits per heavy atom. The summed E-state index contributed by atoms with van der Waals surface area (Å²) in [4.78, 5) is 6.47. The highest BCUT2D eigenvalue weighted by atomic mass is 127. The van der Waals surface area contributed by atoms with E-state index in [1.807, 2.05) is 33.2 Å². The quantitative estimate of drug-likeness (QED) is 0.310. The van der Waals surface area contributed by atoms with Crippen LogP contribution in [-0.2, 0) is 13.0 Å². The maximum Gasteiger partial charge on any atom is 0.191 e. The molecule has 2 N–H and O–H groups in total. The monoisotopic (exact) mass is 528 g/mol. The molecule has 1 aromatic carbocycles. The summed E-state index contributed by atoms with van der Waals surface area (Å²) in [5.41, 5.74) is 2.26. The largest absolute Gasteiger partial charge is 0.494 e. The van der Waals surface area contributed by atoms with Gasteiger partial charge in [0.1, 0.15) is 23.4 Å². The van der Waals surface area contributed by atoms with Crippen molar-refractivity contribution in [3.63, 3.8) is 0 Å². The summed E-state index contributed by atoms with van der Waals surface area (Å²) < 4.78 is 17.4. The van der Waals surface area contributed by atoms with E-state index < -0.39 is 0 Å². The van der Waals surface area contributed by atoms with Crippen LogP contribution in [0.4, 0.5) is 0 Å². The first-order chi connectivity index (χ1) is 14.0. The van der Waals surface area contributed by atoms with Gasteiger partial charge < -0.3 is 24.5 Å². The number of hydrogen-bond acceptors (Lipinski definition) is 5. The Morgan fingerprint density at radius 3 is 2.77 bits per heavy atom. The van der Waals surface area contributed by atoms with Crippen molar-refractivity contribution in [3.05, 3.63) is 47.4 Å². The van der Waals surface area contributed by atoms with Crippen LogP contribution in [0.2, 0.25) is 0 Å². The van der Waals surface area contributed by atoms with Crippen LogP contribution in [0.15, 0.2) is 39.9 Å². The van der Waals surface area contributed by atoms with Gasteiger partial charge in [-0.05, 0) is 52.2 Å². The first-order valence-corrected chi connectivity index (χ1v) is 10.1. The number of rotatable bonds is 8. The molecule has 2 aromatic rings. The number of benzene rings is 1. The minimum Gasteiger partial charge on any atom is -0.494 e. The van der Waals surface area contributed by atoms with Crippen molar-refractivity contribution in [2.75, 3.05) is 34.3 Å². The fourth-order valence-electron chi connectivity index (χ4n) is 3.52. The molecule has 0 saturated carbocycles. The molecule has 2 atom stereocenters. The molecule has 0 saturated heterocycles. The van der Waals surface area contributed by atoms with E-state index in [1.165, 1.54) is 5.56 Å². The van der Waals surface area contributed by atoms with Crippen LogP contribution in [0.3, 0.4) is 0 Å². The molecule has 3 rings (SSSR count). The number of likely N-dealkylation sites (N-methyl/N-ethyl adjacent to an activating group) is 1. The Labute approximate surface area is 196 Å². The second-order valence-corrected chi connectivity index (χ2v) is 7.43. The second kappa shape index (κ2) is 11.5. The maximum absolute atomic E-state index is 5.92. The van der Waals surface area contributed by atoms with E-state index in [-0.39, 0.29) is 36.1 Å². The number of fused-ring (bicyclic) bond motifs is 1. The van der Waals surface area contributed by atoms with E-state index in [4.69, 9.17) is 13.9 Å². The normalized spacial score (nSPS) is 16.5. The van der Waals surface area contributed by atoms with Crippen LogP contribution < -0.4 is 20.1 Å². The van der Waals surface area contributed by atoms with E-state index in [9.17, 15) is 0 Å². The number of ether oxygens (including phenoxy) is 2. The van der Waals surface area contributed by atoms with Crippen LogP contribution in [0, 0.1) is 0 Å². The SMILES string of the molecule is CCOc1cc2c(cc1CNC(=NC)NCC(c1ccco1)N(C)C)OC(C)C2.I. The third-order valence-corrected chi connectivity index (χ3v) is 5.01. The molecule has 0 amide bonds. The van der Waals surface area contributed by atoms with Crippen LogP contribution in [0.1, 0.15) is 36.8 Å². The van der Waals surface area contributed by atoms with Gasteiger partial charge in [0.15, 0.2) is 5.96 Å². The number of guanidine groups is 1. The van der Waals surface area contributed by atoms with Crippen molar-refractivity contribution in [1.29, 1.82) is 0 Å². The molecule has 166 valence electrons. The minimum absolute atomic E-state index is 0. The van der Waals surface area contributed by atoms with Crippen LogP contribution in [-0.4, -0.2) is 51.3 Å². The van der Waals surface area contributed by atoms with Crippen molar-refractivity contribution < 1.29 is 13.9 Å².